The van der Waals surface area contributed by atoms with Crippen LogP contribution in [-0.4, -0.2) is 18.2 Å². The lowest BCUT2D eigenvalue weighted by Gasteiger charge is -2.27. The highest BCUT2D eigenvalue weighted by Crippen LogP contribution is 2.47. The Hall–Kier alpha value is -1.03. The molecule has 1 fully saturated rings. The van der Waals surface area contributed by atoms with Gasteiger partial charge in [0.2, 0.25) is 0 Å². The molecule has 110 valence electrons. The van der Waals surface area contributed by atoms with Crippen molar-refractivity contribution in [2.24, 2.45) is 0 Å². The number of carboxylic acids is 1. The normalized spacial score (nSPS) is 17.4. The van der Waals surface area contributed by atoms with Gasteiger partial charge in [-0.15, -0.1) is 0 Å². The average molecular weight is 341 g/mol. The smallest absolute Gasteiger partial charge is 0.314 e. The van der Waals surface area contributed by atoms with Crippen LogP contribution in [0.1, 0.15) is 56.6 Å². The molecule has 0 saturated heterocycles. The van der Waals surface area contributed by atoms with Gasteiger partial charge in [0, 0.05) is 0 Å². The van der Waals surface area contributed by atoms with Crippen molar-refractivity contribution in [2.75, 3.05) is 7.11 Å². The first kappa shape index (κ1) is 15.4. The number of aliphatic carboxylic acids is 1. The number of benzene rings is 1. The maximum atomic E-state index is 11.9. The summed E-state index contributed by atoms with van der Waals surface area (Å²) in [6, 6.07) is 4.03. The molecular formula is C16H21BrO3. The third kappa shape index (κ3) is 2.46. The lowest BCUT2D eigenvalue weighted by atomic mass is 9.77. The predicted molar refractivity (Wildman–Crippen MR) is 82.6 cm³/mol. The van der Waals surface area contributed by atoms with Crippen LogP contribution >= 0.6 is 15.9 Å². The molecule has 1 aliphatic carbocycles. The van der Waals surface area contributed by atoms with Crippen molar-refractivity contribution in [3.05, 3.63) is 27.7 Å². The largest absolute Gasteiger partial charge is 0.496 e. The summed E-state index contributed by atoms with van der Waals surface area (Å²) in [6.07, 6.45) is 3.33. The molecule has 0 aliphatic heterocycles. The zero-order valence-electron chi connectivity index (χ0n) is 12.2. The summed E-state index contributed by atoms with van der Waals surface area (Å²) >= 11 is 3.55. The van der Waals surface area contributed by atoms with E-state index < -0.39 is 11.4 Å². The van der Waals surface area contributed by atoms with Gasteiger partial charge in [-0.25, -0.2) is 0 Å². The Morgan fingerprint density at radius 1 is 1.35 bits per heavy atom. The number of ether oxygens (including phenoxy) is 1. The van der Waals surface area contributed by atoms with E-state index in [9.17, 15) is 9.90 Å². The van der Waals surface area contributed by atoms with Crippen molar-refractivity contribution in [3.8, 4) is 5.75 Å². The Morgan fingerprint density at radius 2 is 1.95 bits per heavy atom. The summed E-state index contributed by atoms with van der Waals surface area (Å²) in [5.41, 5.74) is 1.22. The van der Waals surface area contributed by atoms with Crippen LogP contribution < -0.4 is 4.74 Å². The van der Waals surface area contributed by atoms with Crippen LogP contribution in [0, 0.1) is 0 Å². The SMILES string of the molecule is COc1cc(C(C)C)cc(C2(C(=O)O)CCCC2)c1Br. The Bertz CT molecular complexity index is 517. The van der Waals surface area contributed by atoms with Gasteiger partial charge in [0.05, 0.1) is 17.0 Å². The minimum absolute atomic E-state index is 0.336. The van der Waals surface area contributed by atoms with Gasteiger partial charge in [-0.2, -0.15) is 0 Å². The van der Waals surface area contributed by atoms with Crippen LogP contribution in [0.25, 0.3) is 0 Å². The van der Waals surface area contributed by atoms with Crippen molar-refractivity contribution < 1.29 is 14.6 Å². The second kappa shape index (κ2) is 5.76. The van der Waals surface area contributed by atoms with Crippen LogP contribution in [0.15, 0.2) is 16.6 Å². The Balaban J connectivity index is 2.65. The van der Waals surface area contributed by atoms with E-state index >= 15 is 0 Å². The zero-order chi connectivity index (χ0) is 14.9. The molecule has 1 aromatic rings. The Kier molecular flexibility index (Phi) is 4.43. The van der Waals surface area contributed by atoms with Gasteiger partial charge in [0.15, 0.2) is 0 Å². The molecule has 0 spiro atoms. The molecule has 4 heteroatoms. The molecule has 1 aliphatic rings. The van der Waals surface area contributed by atoms with Gasteiger partial charge in [0.25, 0.3) is 0 Å². The fraction of sp³-hybridized carbons (Fsp3) is 0.562. The lowest BCUT2D eigenvalue weighted by molar-refractivity contribution is -0.143. The maximum Gasteiger partial charge on any atom is 0.314 e. The number of carbonyl (C=O) groups is 1. The molecule has 0 unspecified atom stereocenters. The molecule has 0 atom stereocenters. The summed E-state index contributed by atoms with van der Waals surface area (Å²) in [4.78, 5) is 11.9. The van der Waals surface area contributed by atoms with Crippen molar-refractivity contribution >= 4 is 21.9 Å². The number of methoxy groups -OCH3 is 1. The van der Waals surface area contributed by atoms with E-state index in [0.717, 1.165) is 34.2 Å². The van der Waals surface area contributed by atoms with E-state index in [2.05, 4.69) is 29.8 Å². The van der Waals surface area contributed by atoms with Crippen LogP contribution in [0.4, 0.5) is 0 Å². The molecule has 0 heterocycles. The molecule has 2 rings (SSSR count). The number of carboxylic acid groups (broad SMARTS) is 1. The number of hydrogen-bond donors (Lipinski definition) is 1. The molecule has 0 aromatic heterocycles. The van der Waals surface area contributed by atoms with Crippen molar-refractivity contribution in [3.63, 3.8) is 0 Å². The summed E-state index contributed by atoms with van der Waals surface area (Å²) < 4.78 is 6.21. The average Bonchev–Trinajstić information content (AvgIpc) is 2.89. The zero-order valence-corrected chi connectivity index (χ0v) is 13.8. The molecule has 1 N–H and O–H groups in total. The van der Waals surface area contributed by atoms with Gasteiger partial charge < -0.3 is 9.84 Å². The summed E-state index contributed by atoms with van der Waals surface area (Å²) in [5.74, 6) is 0.334. The summed E-state index contributed by atoms with van der Waals surface area (Å²) in [6.45, 7) is 4.21. The van der Waals surface area contributed by atoms with Crippen LogP contribution in [0.2, 0.25) is 0 Å². The van der Waals surface area contributed by atoms with Crippen molar-refractivity contribution in [1.29, 1.82) is 0 Å². The fourth-order valence-corrected chi connectivity index (χ4v) is 3.80. The van der Waals surface area contributed by atoms with Crippen LogP contribution in [-0.2, 0) is 10.2 Å². The second-order valence-electron chi connectivity index (χ2n) is 5.83. The van der Waals surface area contributed by atoms with Crippen LogP contribution in [0.3, 0.4) is 0 Å². The first-order chi connectivity index (χ1) is 9.42. The van der Waals surface area contributed by atoms with Gasteiger partial charge in [-0.3, -0.25) is 4.79 Å². The molecule has 0 radical (unpaired) electrons. The molecule has 1 aromatic carbocycles. The molecule has 3 nitrogen and oxygen atoms in total. The number of halogens is 1. The lowest BCUT2D eigenvalue weighted by Crippen LogP contribution is -2.33. The predicted octanol–water partition coefficient (Wildman–Crippen LogP) is 4.48. The highest BCUT2D eigenvalue weighted by Gasteiger charge is 2.44. The highest BCUT2D eigenvalue weighted by molar-refractivity contribution is 9.10. The minimum atomic E-state index is -0.767. The first-order valence-corrected chi connectivity index (χ1v) is 7.83. The van der Waals surface area contributed by atoms with Crippen LogP contribution in [0.5, 0.6) is 5.75 Å². The third-order valence-electron chi connectivity index (χ3n) is 4.33. The quantitative estimate of drug-likeness (QED) is 0.878. The van der Waals surface area contributed by atoms with E-state index in [-0.39, 0.29) is 0 Å². The molecule has 0 bridgehead atoms. The van der Waals surface area contributed by atoms with Crippen molar-refractivity contribution in [1.82, 2.24) is 0 Å². The molecular weight excluding hydrogens is 320 g/mol. The summed E-state index contributed by atoms with van der Waals surface area (Å²) in [5, 5.41) is 9.77. The van der Waals surface area contributed by atoms with Gasteiger partial charge in [-0.1, -0.05) is 32.8 Å². The topological polar surface area (TPSA) is 46.5 Å². The maximum absolute atomic E-state index is 11.9. The first-order valence-electron chi connectivity index (χ1n) is 7.03. The van der Waals surface area contributed by atoms with E-state index in [1.54, 1.807) is 7.11 Å². The molecule has 1 saturated carbocycles. The Labute approximate surface area is 128 Å². The van der Waals surface area contributed by atoms with Gasteiger partial charge in [0.1, 0.15) is 5.75 Å². The highest BCUT2D eigenvalue weighted by atomic mass is 79.9. The molecule has 20 heavy (non-hydrogen) atoms. The number of rotatable bonds is 4. The standard InChI is InChI=1S/C16H21BrO3/c1-10(2)11-8-12(14(17)13(9-11)20-3)16(15(18)19)6-4-5-7-16/h8-10H,4-7H2,1-3H3,(H,18,19). The Morgan fingerprint density at radius 3 is 2.40 bits per heavy atom. The monoisotopic (exact) mass is 340 g/mol. The van der Waals surface area contributed by atoms with Gasteiger partial charge in [-0.05, 0) is 51.9 Å². The van der Waals surface area contributed by atoms with Crippen molar-refractivity contribution in [2.45, 2.75) is 50.9 Å². The van der Waals surface area contributed by atoms with E-state index in [1.807, 2.05) is 12.1 Å². The van der Waals surface area contributed by atoms with E-state index in [0.29, 0.717) is 18.8 Å². The molecule has 0 amide bonds. The van der Waals surface area contributed by atoms with Gasteiger partial charge >= 0.3 is 5.97 Å². The number of hydrogen-bond acceptors (Lipinski definition) is 2. The summed E-state index contributed by atoms with van der Waals surface area (Å²) in [7, 11) is 1.62. The van der Waals surface area contributed by atoms with E-state index in [4.69, 9.17) is 4.74 Å². The fourth-order valence-electron chi connectivity index (χ4n) is 3.03. The van der Waals surface area contributed by atoms with E-state index in [1.165, 1.54) is 0 Å². The minimum Gasteiger partial charge on any atom is -0.496 e. The third-order valence-corrected chi connectivity index (χ3v) is 5.15. The second-order valence-corrected chi connectivity index (χ2v) is 6.63.